The molecule has 4 unspecified atom stereocenters. The third kappa shape index (κ3) is 8.57. The molecular weight excluding hydrogens is 660 g/mol. The van der Waals surface area contributed by atoms with Crippen molar-refractivity contribution in [1.82, 2.24) is 20.1 Å². The van der Waals surface area contributed by atoms with E-state index in [1.54, 1.807) is 7.11 Å². The van der Waals surface area contributed by atoms with E-state index in [2.05, 4.69) is 5.32 Å². The first kappa shape index (κ1) is 36.8. The fourth-order valence-corrected chi connectivity index (χ4v) is 7.56. The Morgan fingerprint density at radius 1 is 0.981 bits per heavy atom. The fraction of sp³-hybridized carbons (Fsp3) is 0.488. The topological polar surface area (TPSA) is 138 Å². The zero-order valence-corrected chi connectivity index (χ0v) is 30.2. The number of hydrogen-bond donors (Lipinski definition) is 2. The van der Waals surface area contributed by atoms with Crippen molar-refractivity contribution in [3.05, 3.63) is 66.7 Å². The molecule has 3 aliphatic rings. The van der Waals surface area contributed by atoms with Gasteiger partial charge in [0.05, 0.1) is 24.9 Å². The second-order valence-corrected chi connectivity index (χ2v) is 14.5. The average molecular weight is 711 g/mol. The number of hydrogen-bond acceptors (Lipinski definition) is 7. The lowest BCUT2D eigenvalue weighted by molar-refractivity contribution is -0.149. The van der Waals surface area contributed by atoms with Gasteiger partial charge in [-0.15, -0.1) is 0 Å². The number of amides is 3. The summed E-state index contributed by atoms with van der Waals surface area (Å²) in [6.07, 6.45) is 10.3. The molecule has 3 amide bonds. The third-order valence-electron chi connectivity index (χ3n) is 10.7. The summed E-state index contributed by atoms with van der Waals surface area (Å²) in [6.45, 7) is 2.99. The molecule has 3 aromatic rings. The van der Waals surface area contributed by atoms with E-state index in [1.807, 2.05) is 71.6 Å². The number of benzene rings is 2. The van der Waals surface area contributed by atoms with Crippen LogP contribution in [0.1, 0.15) is 77.6 Å². The Morgan fingerprint density at radius 2 is 1.75 bits per heavy atom. The highest BCUT2D eigenvalue weighted by molar-refractivity contribution is 5.94. The molecule has 2 N–H and O–H groups in total. The van der Waals surface area contributed by atoms with E-state index >= 15 is 0 Å². The number of allylic oxidation sites excluding steroid dienone is 1. The van der Waals surface area contributed by atoms with Gasteiger partial charge in [0.1, 0.15) is 29.2 Å². The van der Waals surface area contributed by atoms with Crippen LogP contribution in [0.4, 0.5) is 0 Å². The SMILES string of the molecule is COc1ccc2c(OC3CC4C(=O)NC(C)(C(=O)O)CC=CCCCCCC(CC(=O)N5CCCCC5)C(=O)N4C3)cc(-c3ccccc3)nc2c1. The molecule has 4 atom stereocenters. The van der Waals surface area contributed by atoms with Crippen LogP contribution in [0.3, 0.4) is 0 Å². The zero-order chi connectivity index (χ0) is 36.7. The number of methoxy groups -OCH3 is 1. The molecule has 6 rings (SSSR count). The Morgan fingerprint density at radius 3 is 2.50 bits per heavy atom. The molecule has 4 heterocycles. The monoisotopic (exact) mass is 710 g/mol. The van der Waals surface area contributed by atoms with Gasteiger partial charge < -0.3 is 29.7 Å². The normalized spacial score (nSPS) is 24.8. The summed E-state index contributed by atoms with van der Waals surface area (Å²) in [5.41, 5.74) is 0.683. The van der Waals surface area contributed by atoms with Gasteiger partial charge in [0, 0.05) is 54.9 Å². The molecule has 11 heteroatoms. The first-order chi connectivity index (χ1) is 25.1. The molecule has 0 saturated carbocycles. The number of carboxylic acids is 1. The molecule has 0 spiro atoms. The van der Waals surface area contributed by atoms with Crippen molar-refractivity contribution < 1.29 is 33.8 Å². The Bertz CT molecular complexity index is 1790. The van der Waals surface area contributed by atoms with Gasteiger partial charge in [0.2, 0.25) is 17.7 Å². The number of carboxylic acid groups (broad SMARTS) is 1. The van der Waals surface area contributed by atoms with Gasteiger partial charge in [-0.25, -0.2) is 9.78 Å². The average Bonchev–Trinajstić information content (AvgIpc) is 3.58. The number of likely N-dealkylation sites (tertiary alicyclic amines) is 1. The minimum Gasteiger partial charge on any atom is -0.497 e. The Kier molecular flexibility index (Phi) is 11.8. The lowest BCUT2D eigenvalue weighted by atomic mass is 9.94. The number of carbonyl (C=O) groups excluding carboxylic acids is 3. The van der Waals surface area contributed by atoms with Crippen molar-refractivity contribution >= 4 is 34.6 Å². The number of pyridine rings is 1. The summed E-state index contributed by atoms with van der Waals surface area (Å²) in [6, 6.07) is 16.2. The van der Waals surface area contributed by atoms with Crippen LogP contribution in [0.15, 0.2) is 66.7 Å². The van der Waals surface area contributed by atoms with E-state index in [4.69, 9.17) is 14.5 Å². The maximum atomic E-state index is 14.6. The van der Waals surface area contributed by atoms with E-state index in [-0.39, 0.29) is 37.6 Å². The molecule has 1 aromatic heterocycles. The number of nitrogens with zero attached hydrogens (tertiary/aromatic N) is 3. The molecule has 11 nitrogen and oxygen atoms in total. The molecule has 276 valence electrons. The molecule has 2 aromatic carbocycles. The first-order valence-electron chi connectivity index (χ1n) is 18.6. The Hall–Kier alpha value is -4.93. The van der Waals surface area contributed by atoms with Gasteiger partial charge >= 0.3 is 5.97 Å². The summed E-state index contributed by atoms with van der Waals surface area (Å²) in [7, 11) is 1.60. The highest BCUT2D eigenvalue weighted by atomic mass is 16.5. The van der Waals surface area contributed by atoms with E-state index < -0.39 is 35.5 Å². The van der Waals surface area contributed by atoms with Crippen molar-refractivity contribution in [2.45, 2.75) is 95.2 Å². The molecule has 0 radical (unpaired) electrons. The minimum absolute atomic E-state index is 0.0301. The second kappa shape index (κ2) is 16.6. The molecule has 2 saturated heterocycles. The number of fused-ring (bicyclic) bond motifs is 2. The van der Waals surface area contributed by atoms with Crippen LogP contribution < -0.4 is 14.8 Å². The second-order valence-electron chi connectivity index (χ2n) is 14.5. The van der Waals surface area contributed by atoms with Crippen LogP contribution >= 0.6 is 0 Å². The summed E-state index contributed by atoms with van der Waals surface area (Å²) >= 11 is 0. The Balaban J connectivity index is 1.34. The number of rotatable bonds is 7. The minimum atomic E-state index is -1.57. The van der Waals surface area contributed by atoms with Crippen LogP contribution in [0.5, 0.6) is 11.5 Å². The van der Waals surface area contributed by atoms with Crippen LogP contribution in [-0.2, 0) is 19.2 Å². The number of ether oxygens (including phenoxy) is 2. The molecule has 3 aliphatic heterocycles. The number of nitrogens with one attached hydrogen (secondary N) is 1. The van der Waals surface area contributed by atoms with Crippen molar-refractivity contribution in [3.63, 3.8) is 0 Å². The quantitative estimate of drug-likeness (QED) is 0.279. The maximum Gasteiger partial charge on any atom is 0.329 e. The molecule has 0 aliphatic carbocycles. The maximum absolute atomic E-state index is 14.6. The van der Waals surface area contributed by atoms with Crippen LogP contribution in [0.2, 0.25) is 0 Å². The predicted molar refractivity (Wildman–Crippen MR) is 198 cm³/mol. The summed E-state index contributed by atoms with van der Waals surface area (Å²) in [5, 5.41) is 13.7. The number of carbonyl (C=O) groups is 4. The predicted octanol–water partition coefficient (Wildman–Crippen LogP) is 6.15. The highest BCUT2D eigenvalue weighted by Gasteiger charge is 2.46. The van der Waals surface area contributed by atoms with E-state index in [9.17, 15) is 24.3 Å². The lowest BCUT2D eigenvalue weighted by Gasteiger charge is -2.32. The third-order valence-corrected chi connectivity index (χ3v) is 10.7. The Labute approximate surface area is 305 Å². The lowest BCUT2D eigenvalue weighted by Crippen LogP contribution is -2.57. The molecule has 52 heavy (non-hydrogen) atoms. The van der Waals surface area contributed by atoms with Gasteiger partial charge in [-0.05, 0) is 64.0 Å². The molecular formula is C41H50N4O7. The summed E-state index contributed by atoms with van der Waals surface area (Å²) in [5.74, 6) is -1.42. The van der Waals surface area contributed by atoms with Gasteiger partial charge in [-0.2, -0.15) is 0 Å². The van der Waals surface area contributed by atoms with Crippen LogP contribution in [0, 0.1) is 5.92 Å². The first-order valence-corrected chi connectivity index (χ1v) is 18.6. The smallest absolute Gasteiger partial charge is 0.329 e. The summed E-state index contributed by atoms with van der Waals surface area (Å²) < 4.78 is 12.2. The van der Waals surface area contributed by atoms with Crippen molar-refractivity contribution in [3.8, 4) is 22.8 Å². The highest BCUT2D eigenvalue weighted by Crippen LogP contribution is 2.35. The van der Waals surface area contributed by atoms with Gasteiger partial charge in [-0.3, -0.25) is 14.4 Å². The zero-order valence-electron chi connectivity index (χ0n) is 30.2. The molecule has 2 fully saturated rings. The van der Waals surface area contributed by atoms with Gasteiger partial charge in [-0.1, -0.05) is 55.3 Å². The van der Waals surface area contributed by atoms with E-state index in [1.165, 1.54) is 11.8 Å². The van der Waals surface area contributed by atoms with Crippen molar-refractivity contribution in [2.24, 2.45) is 5.92 Å². The van der Waals surface area contributed by atoms with E-state index in [0.717, 1.165) is 55.9 Å². The summed E-state index contributed by atoms with van der Waals surface area (Å²) in [4.78, 5) is 63.1. The van der Waals surface area contributed by atoms with Gasteiger partial charge in [0.25, 0.3) is 0 Å². The fourth-order valence-electron chi connectivity index (χ4n) is 7.56. The standard InChI is InChI=1S/C41H50N4O7/c1-41(40(49)50)20-12-6-4-3-5-9-17-29(23-37(46)44-21-13-8-14-22-44)39(48)45-27-31(25-35(45)38(47)43-41)52-36-26-33(28-15-10-7-11-16-28)42-34-24-30(51-2)18-19-32(34)36/h6-7,10-12,15-16,18-19,24,26,29,31,35H,3-5,8-9,13-14,17,20-23,25,27H2,1-2H3,(H,43,47)(H,49,50). The van der Waals surface area contributed by atoms with E-state index in [0.29, 0.717) is 42.2 Å². The van der Waals surface area contributed by atoms with Gasteiger partial charge in [0.15, 0.2) is 0 Å². The number of piperidine rings is 1. The van der Waals surface area contributed by atoms with Crippen molar-refractivity contribution in [2.75, 3.05) is 26.7 Å². The van der Waals surface area contributed by atoms with Crippen LogP contribution in [-0.4, -0.2) is 88.0 Å². The van der Waals surface area contributed by atoms with Crippen LogP contribution in [0.25, 0.3) is 22.2 Å². The number of aromatic nitrogens is 1. The van der Waals surface area contributed by atoms with Crippen molar-refractivity contribution in [1.29, 1.82) is 0 Å². The molecule has 0 bridgehead atoms. The number of aliphatic carboxylic acids is 1. The largest absolute Gasteiger partial charge is 0.497 e.